The van der Waals surface area contributed by atoms with E-state index in [1.54, 1.807) is 0 Å². The van der Waals surface area contributed by atoms with Gasteiger partial charge >= 0.3 is 11.9 Å². The van der Waals surface area contributed by atoms with Crippen LogP contribution in [0, 0.1) is 0 Å². The summed E-state index contributed by atoms with van der Waals surface area (Å²) in [5.41, 5.74) is 0. The monoisotopic (exact) mass is 719 g/mol. The van der Waals surface area contributed by atoms with E-state index in [1.807, 2.05) is 0 Å². The molecule has 0 saturated heterocycles. The third kappa shape index (κ3) is 46.7. The molecule has 0 spiro atoms. The van der Waals surface area contributed by atoms with Gasteiger partial charge in [-0.1, -0.05) is 225 Å². The van der Waals surface area contributed by atoms with Crippen LogP contribution in [0.5, 0.6) is 0 Å². The van der Waals surface area contributed by atoms with Gasteiger partial charge in [-0.3, -0.25) is 9.59 Å². The molecule has 0 aliphatic rings. The van der Waals surface area contributed by atoms with Crippen molar-refractivity contribution >= 4 is 11.9 Å². The van der Waals surface area contributed by atoms with Gasteiger partial charge in [-0.25, -0.2) is 0 Å². The maximum Gasteiger partial charge on any atom is 0.305 e. The van der Waals surface area contributed by atoms with Crippen LogP contribution < -0.4 is 0 Å². The average molecular weight is 719 g/mol. The van der Waals surface area contributed by atoms with Crippen molar-refractivity contribution < 1.29 is 19.4 Å². The van der Waals surface area contributed by atoms with E-state index in [4.69, 9.17) is 9.84 Å². The molecule has 1 N–H and O–H groups in total. The highest BCUT2D eigenvalue weighted by Gasteiger charge is 2.03. The molecular weight excluding hydrogens is 629 g/mol. The predicted molar refractivity (Wildman–Crippen MR) is 223 cm³/mol. The number of carbonyl (C=O) groups excluding carboxylic acids is 1. The number of rotatable bonds is 44. The molecule has 4 nitrogen and oxygen atoms in total. The molecule has 4 heteroatoms. The number of allylic oxidation sites excluding steroid dienone is 2. The van der Waals surface area contributed by atoms with Gasteiger partial charge in [-0.2, -0.15) is 0 Å². The quantitative estimate of drug-likeness (QED) is 0.0387. The molecule has 0 bridgehead atoms. The standard InChI is InChI=1S/C47H90O4/c1-2-3-4-5-6-7-8-9-10-19-23-26-29-32-35-38-41-44-47(50)51-45-42-39-36-33-30-27-24-21-18-16-14-12-11-13-15-17-20-22-25-28-31-34-37-40-43-46(48)49/h7-8H,2-6,9-45H2,1H3,(H,48,49). The van der Waals surface area contributed by atoms with E-state index in [-0.39, 0.29) is 5.97 Å². The lowest BCUT2D eigenvalue weighted by atomic mass is 10.0. The second kappa shape index (κ2) is 44.8. The van der Waals surface area contributed by atoms with Gasteiger partial charge in [0.1, 0.15) is 0 Å². The van der Waals surface area contributed by atoms with Crippen molar-refractivity contribution in [1.29, 1.82) is 0 Å². The van der Waals surface area contributed by atoms with Crippen molar-refractivity contribution in [1.82, 2.24) is 0 Å². The number of carboxylic acids is 1. The highest BCUT2D eigenvalue weighted by Crippen LogP contribution is 2.17. The van der Waals surface area contributed by atoms with Crippen LogP contribution >= 0.6 is 0 Å². The van der Waals surface area contributed by atoms with Gasteiger partial charge < -0.3 is 9.84 Å². The van der Waals surface area contributed by atoms with Gasteiger partial charge in [-0.15, -0.1) is 0 Å². The van der Waals surface area contributed by atoms with E-state index in [0.29, 0.717) is 19.4 Å². The van der Waals surface area contributed by atoms with Crippen molar-refractivity contribution in [3.05, 3.63) is 12.2 Å². The Bertz CT molecular complexity index is 717. The van der Waals surface area contributed by atoms with Crippen LogP contribution in [0.4, 0.5) is 0 Å². The van der Waals surface area contributed by atoms with Gasteiger partial charge in [0, 0.05) is 12.8 Å². The Morgan fingerprint density at radius 1 is 0.373 bits per heavy atom. The lowest BCUT2D eigenvalue weighted by molar-refractivity contribution is -0.144. The lowest BCUT2D eigenvalue weighted by Crippen LogP contribution is -2.05. The summed E-state index contributed by atoms with van der Waals surface area (Å²) in [6.45, 7) is 2.89. The topological polar surface area (TPSA) is 63.6 Å². The van der Waals surface area contributed by atoms with Crippen molar-refractivity contribution in [2.75, 3.05) is 6.61 Å². The first-order valence-corrected chi connectivity index (χ1v) is 23.2. The van der Waals surface area contributed by atoms with Crippen molar-refractivity contribution in [3.8, 4) is 0 Å². The summed E-state index contributed by atoms with van der Waals surface area (Å²) < 4.78 is 5.47. The van der Waals surface area contributed by atoms with Gasteiger partial charge in [0.05, 0.1) is 6.61 Å². The average Bonchev–Trinajstić information content (AvgIpc) is 3.12. The minimum atomic E-state index is -0.655. The smallest absolute Gasteiger partial charge is 0.305 e. The van der Waals surface area contributed by atoms with Crippen LogP contribution in [0.15, 0.2) is 12.2 Å². The number of carboxylic acid groups (broad SMARTS) is 1. The van der Waals surface area contributed by atoms with Crippen LogP contribution in [0.2, 0.25) is 0 Å². The molecule has 0 aromatic carbocycles. The number of carbonyl (C=O) groups is 2. The molecule has 0 atom stereocenters. The van der Waals surface area contributed by atoms with Gasteiger partial charge in [0.25, 0.3) is 0 Å². The fourth-order valence-corrected chi connectivity index (χ4v) is 7.22. The zero-order chi connectivity index (χ0) is 37.0. The largest absolute Gasteiger partial charge is 0.481 e. The number of ether oxygens (including phenoxy) is 1. The maximum absolute atomic E-state index is 12.0. The molecule has 0 aromatic heterocycles. The van der Waals surface area contributed by atoms with E-state index in [9.17, 15) is 9.59 Å². The Morgan fingerprint density at radius 2 is 0.647 bits per heavy atom. The molecule has 0 fully saturated rings. The SMILES string of the molecule is CCCCCCC=CCCCCCCCCCCCC(=O)OCCCCCCCCCCCCCCCCCCCCCCCCCCC(=O)O. The summed E-state index contributed by atoms with van der Waals surface area (Å²) in [6, 6.07) is 0. The molecule has 0 aliphatic carbocycles. The van der Waals surface area contributed by atoms with E-state index < -0.39 is 5.97 Å². The minimum absolute atomic E-state index is 0.0168. The van der Waals surface area contributed by atoms with Gasteiger partial charge in [0.15, 0.2) is 0 Å². The Labute approximate surface area is 319 Å². The Balaban J connectivity index is 3.16. The van der Waals surface area contributed by atoms with Gasteiger partial charge in [-0.05, 0) is 44.9 Å². The summed E-state index contributed by atoms with van der Waals surface area (Å²) in [5, 5.41) is 8.65. The van der Waals surface area contributed by atoms with Crippen LogP contribution in [0.3, 0.4) is 0 Å². The number of unbranched alkanes of at least 4 members (excludes halogenated alkanes) is 36. The number of hydrogen-bond acceptors (Lipinski definition) is 3. The zero-order valence-corrected chi connectivity index (χ0v) is 34.5. The minimum Gasteiger partial charge on any atom is -0.481 e. The molecule has 302 valence electrons. The Kier molecular flexibility index (Phi) is 43.7. The molecular formula is C47H90O4. The van der Waals surface area contributed by atoms with Crippen LogP contribution in [-0.4, -0.2) is 23.7 Å². The first kappa shape index (κ1) is 49.7. The molecule has 0 aromatic rings. The molecule has 0 amide bonds. The van der Waals surface area contributed by atoms with E-state index in [2.05, 4.69) is 19.1 Å². The zero-order valence-electron chi connectivity index (χ0n) is 34.5. The molecule has 0 unspecified atom stereocenters. The number of esters is 1. The highest BCUT2D eigenvalue weighted by molar-refractivity contribution is 5.69. The normalized spacial score (nSPS) is 11.5. The molecule has 0 saturated carbocycles. The summed E-state index contributed by atoms with van der Waals surface area (Å²) in [6.07, 6.45) is 56.9. The first-order chi connectivity index (χ1) is 25.2. The second-order valence-corrected chi connectivity index (χ2v) is 15.9. The van der Waals surface area contributed by atoms with Crippen molar-refractivity contribution in [3.63, 3.8) is 0 Å². The molecule has 0 radical (unpaired) electrons. The van der Waals surface area contributed by atoms with Gasteiger partial charge in [0.2, 0.25) is 0 Å². The molecule has 51 heavy (non-hydrogen) atoms. The summed E-state index contributed by atoms with van der Waals surface area (Å²) >= 11 is 0. The predicted octanol–water partition coefficient (Wildman–Crippen LogP) is 16.2. The Hall–Kier alpha value is -1.32. The molecule has 0 rings (SSSR count). The highest BCUT2D eigenvalue weighted by atomic mass is 16.5. The van der Waals surface area contributed by atoms with E-state index in [1.165, 1.54) is 225 Å². The fourth-order valence-electron chi connectivity index (χ4n) is 7.22. The van der Waals surface area contributed by atoms with Crippen LogP contribution in [0.25, 0.3) is 0 Å². The summed E-state index contributed by atoms with van der Waals surface area (Å²) in [4.78, 5) is 22.5. The number of hydrogen-bond donors (Lipinski definition) is 1. The molecule has 0 heterocycles. The van der Waals surface area contributed by atoms with Crippen molar-refractivity contribution in [2.24, 2.45) is 0 Å². The molecule has 0 aliphatic heterocycles. The maximum atomic E-state index is 12.0. The van der Waals surface area contributed by atoms with Crippen LogP contribution in [0.1, 0.15) is 270 Å². The van der Waals surface area contributed by atoms with E-state index >= 15 is 0 Å². The third-order valence-corrected chi connectivity index (χ3v) is 10.7. The lowest BCUT2D eigenvalue weighted by Gasteiger charge is -2.06. The fraction of sp³-hybridized carbons (Fsp3) is 0.915. The van der Waals surface area contributed by atoms with Crippen molar-refractivity contribution in [2.45, 2.75) is 270 Å². The second-order valence-electron chi connectivity index (χ2n) is 15.9. The summed E-state index contributed by atoms with van der Waals surface area (Å²) in [7, 11) is 0. The Morgan fingerprint density at radius 3 is 0.980 bits per heavy atom. The number of aliphatic carboxylic acids is 1. The van der Waals surface area contributed by atoms with Crippen LogP contribution in [-0.2, 0) is 14.3 Å². The van der Waals surface area contributed by atoms with E-state index in [0.717, 1.165) is 25.7 Å². The third-order valence-electron chi connectivity index (χ3n) is 10.7. The summed E-state index contributed by atoms with van der Waals surface area (Å²) in [5.74, 6) is -0.639. The first-order valence-electron chi connectivity index (χ1n) is 23.2.